The van der Waals surface area contributed by atoms with Crippen LogP contribution in [0.2, 0.25) is 0 Å². The Kier molecular flexibility index (Phi) is 5.30. The van der Waals surface area contributed by atoms with E-state index in [1.54, 1.807) is 23.1 Å². The van der Waals surface area contributed by atoms with Crippen molar-refractivity contribution in [1.29, 1.82) is 5.26 Å². The highest BCUT2D eigenvalue weighted by Crippen LogP contribution is 2.24. The van der Waals surface area contributed by atoms with Gasteiger partial charge in [0.2, 0.25) is 15.7 Å². The fourth-order valence-electron chi connectivity index (χ4n) is 2.65. The number of carbonyl (C=O) groups is 1. The molecule has 1 fully saturated rings. The number of hydrogen-bond donors (Lipinski definition) is 1. The first-order chi connectivity index (χ1) is 11.3. The van der Waals surface area contributed by atoms with Gasteiger partial charge in [0.25, 0.3) is 0 Å². The first kappa shape index (κ1) is 18.0. The summed E-state index contributed by atoms with van der Waals surface area (Å²) in [6.45, 7) is 4.73. The molecule has 128 valence electrons. The summed E-state index contributed by atoms with van der Waals surface area (Å²) >= 11 is 0. The summed E-state index contributed by atoms with van der Waals surface area (Å²) in [5.74, 6) is -0.515. The summed E-state index contributed by atoms with van der Waals surface area (Å²) in [5.41, 5.74) is 7.14. The fraction of sp³-hybridized carbons (Fsp3) is 0.412. The van der Waals surface area contributed by atoms with Crippen molar-refractivity contribution in [3.8, 4) is 6.07 Å². The third-order valence-electron chi connectivity index (χ3n) is 4.42. The van der Waals surface area contributed by atoms with Crippen LogP contribution in [-0.4, -0.2) is 32.3 Å². The number of nitriles is 1. The third kappa shape index (κ3) is 3.77. The molecule has 2 N–H and O–H groups in total. The van der Waals surface area contributed by atoms with E-state index in [1.165, 1.54) is 12.3 Å². The van der Waals surface area contributed by atoms with Crippen molar-refractivity contribution in [1.82, 2.24) is 4.90 Å². The normalized spacial score (nSPS) is 16.7. The van der Waals surface area contributed by atoms with E-state index in [4.69, 9.17) is 5.73 Å². The summed E-state index contributed by atoms with van der Waals surface area (Å²) in [6.07, 6.45) is 2.50. The second kappa shape index (κ2) is 7.05. The molecular weight excluding hydrogens is 326 g/mol. The maximum Gasteiger partial charge on any atom is 0.220 e. The van der Waals surface area contributed by atoms with Gasteiger partial charge in [-0.2, -0.15) is 5.26 Å². The molecular formula is C17H21N3O3S. The number of nitrogens with zero attached hydrogens (tertiary/aromatic N) is 2. The molecule has 0 aromatic heterocycles. The van der Waals surface area contributed by atoms with Crippen molar-refractivity contribution < 1.29 is 13.2 Å². The molecule has 0 saturated carbocycles. The van der Waals surface area contributed by atoms with Gasteiger partial charge in [-0.3, -0.25) is 4.79 Å². The maximum atomic E-state index is 12.7. The Labute approximate surface area is 142 Å². The molecule has 1 heterocycles. The van der Waals surface area contributed by atoms with E-state index in [0.29, 0.717) is 25.9 Å². The molecule has 0 atom stereocenters. The highest BCUT2D eigenvalue weighted by Gasteiger charge is 2.25. The van der Waals surface area contributed by atoms with Crippen LogP contribution in [-0.2, 0) is 14.6 Å². The van der Waals surface area contributed by atoms with Crippen LogP contribution in [0, 0.1) is 31.1 Å². The second-order valence-electron chi connectivity index (χ2n) is 6.07. The van der Waals surface area contributed by atoms with Gasteiger partial charge in [0, 0.05) is 25.2 Å². The van der Waals surface area contributed by atoms with E-state index in [1.807, 2.05) is 13.8 Å². The number of primary amides is 1. The molecule has 0 radical (unpaired) electrons. The summed E-state index contributed by atoms with van der Waals surface area (Å²) < 4.78 is 25.4. The third-order valence-corrected chi connectivity index (χ3v) is 6.07. The summed E-state index contributed by atoms with van der Waals surface area (Å²) in [6, 6.07) is 6.62. The fourth-order valence-corrected chi connectivity index (χ4v) is 3.89. The van der Waals surface area contributed by atoms with Crippen molar-refractivity contribution in [3.63, 3.8) is 0 Å². The number of nitrogens with two attached hydrogens (primary N) is 1. The number of hydrogen-bond acceptors (Lipinski definition) is 5. The van der Waals surface area contributed by atoms with Crippen LogP contribution in [0.3, 0.4) is 0 Å². The molecule has 1 aromatic carbocycles. The molecule has 0 spiro atoms. The summed E-state index contributed by atoms with van der Waals surface area (Å²) in [5, 5.41) is 9.32. The molecule has 1 amide bonds. The molecule has 6 nitrogen and oxygen atoms in total. The van der Waals surface area contributed by atoms with Crippen LogP contribution >= 0.6 is 0 Å². The molecule has 1 aliphatic rings. The van der Waals surface area contributed by atoms with Crippen molar-refractivity contribution in [2.24, 2.45) is 11.7 Å². The number of likely N-dealkylation sites (tertiary alicyclic amines) is 1. The lowest BCUT2D eigenvalue weighted by molar-refractivity contribution is -0.122. The number of amides is 1. The number of sulfone groups is 1. The number of carbonyl (C=O) groups excluding carboxylic acids is 1. The van der Waals surface area contributed by atoms with Gasteiger partial charge in [0.1, 0.15) is 6.07 Å². The van der Waals surface area contributed by atoms with Crippen LogP contribution < -0.4 is 5.73 Å². The zero-order valence-electron chi connectivity index (χ0n) is 13.8. The highest BCUT2D eigenvalue weighted by atomic mass is 32.2. The largest absolute Gasteiger partial charge is 0.376 e. The predicted octanol–water partition coefficient (Wildman–Crippen LogP) is 1.64. The van der Waals surface area contributed by atoms with E-state index >= 15 is 0 Å². The van der Waals surface area contributed by atoms with Crippen LogP contribution in [0.4, 0.5) is 0 Å². The van der Waals surface area contributed by atoms with Crippen LogP contribution in [0.5, 0.6) is 0 Å². The Morgan fingerprint density at radius 2 is 1.92 bits per heavy atom. The molecule has 0 bridgehead atoms. The SMILES string of the molecule is Cc1ccc(S(=O)(=O)/C(C#N)=C/N2CCC(C(N)=O)CC2)cc1C. The van der Waals surface area contributed by atoms with Crippen LogP contribution in [0.25, 0.3) is 0 Å². The molecule has 7 heteroatoms. The van der Waals surface area contributed by atoms with Gasteiger partial charge in [0.15, 0.2) is 4.91 Å². The molecule has 1 saturated heterocycles. The van der Waals surface area contributed by atoms with Crippen molar-refractivity contribution >= 4 is 15.7 Å². The van der Waals surface area contributed by atoms with E-state index < -0.39 is 9.84 Å². The molecule has 24 heavy (non-hydrogen) atoms. The van der Waals surface area contributed by atoms with Gasteiger partial charge in [-0.15, -0.1) is 0 Å². The Bertz CT molecular complexity index is 814. The van der Waals surface area contributed by atoms with E-state index in [-0.39, 0.29) is 21.6 Å². The number of benzene rings is 1. The zero-order valence-corrected chi connectivity index (χ0v) is 14.6. The average molecular weight is 347 g/mol. The average Bonchev–Trinajstić information content (AvgIpc) is 2.55. The van der Waals surface area contributed by atoms with Gasteiger partial charge in [0.05, 0.1) is 4.90 Å². The van der Waals surface area contributed by atoms with Gasteiger partial charge in [-0.1, -0.05) is 6.07 Å². The number of rotatable bonds is 4. The number of piperidine rings is 1. The molecule has 2 rings (SSSR count). The quantitative estimate of drug-likeness (QED) is 0.834. The molecule has 1 aliphatic heterocycles. The minimum Gasteiger partial charge on any atom is -0.376 e. The standard InChI is InChI=1S/C17H21N3O3S/c1-12-3-4-15(9-13(12)2)24(22,23)16(10-18)11-20-7-5-14(6-8-20)17(19)21/h3-4,9,11,14H,5-8H2,1-2H3,(H2,19,21)/b16-11+. The Morgan fingerprint density at radius 3 is 2.42 bits per heavy atom. The second-order valence-corrected chi connectivity index (χ2v) is 7.99. The lowest BCUT2D eigenvalue weighted by Gasteiger charge is -2.29. The summed E-state index contributed by atoms with van der Waals surface area (Å²) in [4.78, 5) is 12.8. The number of allylic oxidation sites excluding steroid dienone is 1. The van der Waals surface area contributed by atoms with Gasteiger partial charge in [-0.25, -0.2) is 8.42 Å². The lowest BCUT2D eigenvalue weighted by Crippen LogP contribution is -2.36. The minimum absolute atomic E-state index is 0.116. The highest BCUT2D eigenvalue weighted by molar-refractivity contribution is 7.95. The van der Waals surface area contributed by atoms with E-state index in [2.05, 4.69) is 0 Å². The molecule has 1 aromatic rings. The topological polar surface area (TPSA) is 104 Å². The van der Waals surface area contributed by atoms with Crippen LogP contribution in [0.15, 0.2) is 34.2 Å². The predicted molar refractivity (Wildman–Crippen MR) is 90.3 cm³/mol. The monoisotopic (exact) mass is 347 g/mol. The van der Waals surface area contributed by atoms with Gasteiger partial charge < -0.3 is 10.6 Å². The lowest BCUT2D eigenvalue weighted by atomic mass is 9.97. The first-order valence-electron chi connectivity index (χ1n) is 7.73. The molecule has 0 aliphatic carbocycles. The van der Waals surface area contributed by atoms with Crippen molar-refractivity contribution in [3.05, 3.63) is 40.4 Å². The first-order valence-corrected chi connectivity index (χ1v) is 9.21. The maximum absolute atomic E-state index is 12.7. The molecule has 0 unspecified atom stereocenters. The van der Waals surface area contributed by atoms with Crippen molar-refractivity contribution in [2.45, 2.75) is 31.6 Å². The Balaban J connectivity index is 2.25. The van der Waals surface area contributed by atoms with Gasteiger partial charge >= 0.3 is 0 Å². The van der Waals surface area contributed by atoms with Gasteiger partial charge in [-0.05, 0) is 49.9 Å². The van der Waals surface area contributed by atoms with E-state index in [0.717, 1.165) is 11.1 Å². The number of aryl methyl sites for hydroxylation is 2. The Morgan fingerprint density at radius 1 is 1.29 bits per heavy atom. The van der Waals surface area contributed by atoms with Crippen LogP contribution in [0.1, 0.15) is 24.0 Å². The zero-order chi connectivity index (χ0) is 17.9. The Hall–Kier alpha value is -2.33. The minimum atomic E-state index is -3.85. The summed E-state index contributed by atoms with van der Waals surface area (Å²) in [7, 11) is -3.85. The van der Waals surface area contributed by atoms with Crippen molar-refractivity contribution in [2.75, 3.05) is 13.1 Å². The smallest absolute Gasteiger partial charge is 0.220 e. The van der Waals surface area contributed by atoms with E-state index in [9.17, 15) is 18.5 Å².